The van der Waals surface area contributed by atoms with Crippen molar-refractivity contribution < 1.29 is 27.9 Å². The topological polar surface area (TPSA) is 87.5 Å². The maximum atomic E-state index is 13.5. The molecule has 44 heavy (non-hydrogen) atoms. The summed E-state index contributed by atoms with van der Waals surface area (Å²) in [5, 5.41) is 12.1. The van der Waals surface area contributed by atoms with E-state index in [1.807, 2.05) is 29.7 Å². The number of carboxylic acid groups (broad SMARTS) is 1. The zero-order valence-corrected chi connectivity index (χ0v) is 24.4. The number of alkyl halides is 3. The van der Waals surface area contributed by atoms with Crippen molar-refractivity contribution in [2.45, 2.75) is 39.3 Å². The van der Waals surface area contributed by atoms with Crippen LogP contribution < -0.4 is 10.2 Å². The average Bonchev–Trinajstić information content (AvgIpc) is 3.36. The van der Waals surface area contributed by atoms with Crippen LogP contribution in [0.4, 0.5) is 29.3 Å². The van der Waals surface area contributed by atoms with E-state index >= 15 is 0 Å². The number of aromatic carboxylic acids is 1. The lowest BCUT2D eigenvalue weighted by molar-refractivity contribution is -0.136. The van der Waals surface area contributed by atoms with Crippen LogP contribution >= 0.6 is 0 Å². The van der Waals surface area contributed by atoms with Gasteiger partial charge >= 0.3 is 18.2 Å². The van der Waals surface area contributed by atoms with E-state index in [9.17, 15) is 27.9 Å². The second kappa shape index (κ2) is 12.2. The number of nitrogens with zero attached hydrogens (tertiary/aromatic N) is 3. The predicted octanol–water partition coefficient (Wildman–Crippen LogP) is 8.73. The summed E-state index contributed by atoms with van der Waals surface area (Å²) in [5.41, 5.74) is 3.94. The monoisotopic (exact) mass is 600 g/mol. The normalized spacial score (nSPS) is 11.5. The lowest BCUT2D eigenvalue weighted by Gasteiger charge is -2.20. The molecular formula is C34H31F3N4O3. The first-order chi connectivity index (χ1) is 21.0. The molecule has 2 amide bonds. The fraction of sp³-hybridized carbons (Fsp3) is 0.206. The third kappa shape index (κ3) is 6.01. The van der Waals surface area contributed by atoms with Gasteiger partial charge in [-0.3, -0.25) is 9.47 Å². The third-order valence-corrected chi connectivity index (χ3v) is 7.54. The number of imidazole rings is 1. The van der Waals surface area contributed by atoms with Crippen molar-refractivity contribution in [1.29, 1.82) is 0 Å². The van der Waals surface area contributed by atoms with Crippen LogP contribution in [0.1, 0.15) is 47.1 Å². The molecule has 226 valence electrons. The average molecular weight is 601 g/mol. The van der Waals surface area contributed by atoms with E-state index in [0.717, 1.165) is 47.1 Å². The van der Waals surface area contributed by atoms with Crippen LogP contribution in [-0.2, 0) is 12.6 Å². The van der Waals surface area contributed by atoms with Crippen molar-refractivity contribution in [3.63, 3.8) is 0 Å². The van der Waals surface area contributed by atoms with Crippen molar-refractivity contribution in [3.05, 3.63) is 107 Å². The van der Waals surface area contributed by atoms with Crippen molar-refractivity contribution in [1.82, 2.24) is 9.55 Å². The van der Waals surface area contributed by atoms with E-state index in [2.05, 4.69) is 12.2 Å². The van der Waals surface area contributed by atoms with E-state index in [4.69, 9.17) is 4.98 Å². The van der Waals surface area contributed by atoms with E-state index in [1.54, 1.807) is 42.5 Å². The fourth-order valence-corrected chi connectivity index (χ4v) is 5.26. The molecule has 5 aromatic rings. The molecule has 0 atom stereocenters. The molecule has 5 rings (SSSR count). The van der Waals surface area contributed by atoms with Gasteiger partial charge in [0.05, 0.1) is 27.8 Å². The number of aryl methyl sites for hydroxylation is 2. The van der Waals surface area contributed by atoms with Gasteiger partial charge in [0, 0.05) is 24.8 Å². The van der Waals surface area contributed by atoms with Gasteiger partial charge in [0.2, 0.25) is 0 Å². The summed E-state index contributed by atoms with van der Waals surface area (Å²) in [7, 11) is 1.49. The molecule has 0 saturated heterocycles. The molecule has 0 aliphatic rings. The molecule has 1 aromatic heterocycles. The van der Waals surface area contributed by atoms with Gasteiger partial charge in [-0.1, -0.05) is 49.7 Å². The highest BCUT2D eigenvalue weighted by Crippen LogP contribution is 2.35. The number of urea groups is 1. The number of aromatic nitrogens is 2. The number of halogens is 3. The Morgan fingerprint density at radius 1 is 0.955 bits per heavy atom. The van der Waals surface area contributed by atoms with Crippen LogP contribution in [0.25, 0.3) is 27.8 Å². The first kappa shape index (κ1) is 30.3. The SMILES string of the molecule is CCCCc1nc2ccc(N(C)C(=O)Nc3ccccc3C(F)(F)F)cc2n1-c1ccc(-c2ccccc2C(=O)O)c(C)c1. The first-order valence-electron chi connectivity index (χ1n) is 14.2. The Morgan fingerprint density at radius 3 is 2.39 bits per heavy atom. The Hall–Kier alpha value is -5.12. The number of amides is 2. The number of unbranched alkanes of at least 4 members (excludes halogenated alkanes) is 1. The number of hydrogen-bond acceptors (Lipinski definition) is 3. The lowest BCUT2D eigenvalue weighted by atomic mass is 9.95. The van der Waals surface area contributed by atoms with Crippen LogP contribution in [0.2, 0.25) is 0 Å². The number of anilines is 2. The largest absolute Gasteiger partial charge is 0.478 e. The van der Waals surface area contributed by atoms with Crippen molar-refractivity contribution in [3.8, 4) is 16.8 Å². The maximum Gasteiger partial charge on any atom is 0.418 e. The molecular weight excluding hydrogens is 569 g/mol. The van der Waals surface area contributed by atoms with Crippen molar-refractivity contribution >= 4 is 34.4 Å². The molecule has 4 aromatic carbocycles. The third-order valence-electron chi connectivity index (χ3n) is 7.54. The number of carbonyl (C=O) groups is 2. The number of rotatable bonds is 8. The minimum atomic E-state index is -4.62. The van der Waals surface area contributed by atoms with E-state index < -0.39 is 23.7 Å². The molecule has 0 aliphatic heterocycles. The maximum absolute atomic E-state index is 13.5. The van der Waals surface area contributed by atoms with E-state index in [0.29, 0.717) is 23.2 Å². The summed E-state index contributed by atoms with van der Waals surface area (Å²) in [6, 6.07) is 22.0. The Morgan fingerprint density at radius 2 is 1.68 bits per heavy atom. The molecule has 0 unspecified atom stereocenters. The minimum Gasteiger partial charge on any atom is -0.478 e. The number of hydrogen-bond donors (Lipinski definition) is 2. The number of fused-ring (bicyclic) bond motifs is 1. The van der Waals surface area contributed by atoms with Crippen molar-refractivity contribution in [2.24, 2.45) is 0 Å². The molecule has 0 fully saturated rings. The van der Waals surface area contributed by atoms with Gasteiger partial charge < -0.3 is 10.4 Å². The number of benzene rings is 4. The Bertz CT molecular complexity index is 1860. The molecule has 0 bridgehead atoms. The zero-order valence-electron chi connectivity index (χ0n) is 24.4. The molecule has 0 aliphatic carbocycles. The molecule has 2 N–H and O–H groups in total. The second-order valence-electron chi connectivity index (χ2n) is 10.5. The van der Waals surface area contributed by atoms with E-state index in [1.165, 1.54) is 30.1 Å². The minimum absolute atomic E-state index is 0.212. The van der Waals surface area contributed by atoms with Gasteiger partial charge in [0.1, 0.15) is 5.82 Å². The van der Waals surface area contributed by atoms with Crippen molar-refractivity contribution in [2.75, 3.05) is 17.3 Å². The molecule has 10 heteroatoms. The fourth-order valence-electron chi connectivity index (χ4n) is 5.26. The summed E-state index contributed by atoms with van der Waals surface area (Å²) < 4.78 is 42.5. The highest BCUT2D eigenvalue weighted by Gasteiger charge is 2.34. The highest BCUT2D eigenvalue weighted by atomic mass is 19.4. The molecule has 0 spiro atoms. The number of carboxylic acids is 1. The van der Waals surface area contributed by atoms with Crippen LogP contribution in [0.3, 0.4) is 0 Å². The predicted molar refractivity (Wildman–Crippen MR) is 166 cm³/mol. The summed E-state index contributed by atoms with van der Waals surface area (Å²) in [4.78, 5) is 31.1. The Kier molecular flexibility index (Phi) is 8.44. The summed E-state index contributed by atoms with van der Waals surface area (Å²) in [6.07, 6.45) is -2.05. The molecule has 1 heterocycles. The zero-order chi connectivity index (χ0) is 31.6. The van der Waals surface area contributed by atoms with Gasteiger partial charge in [-0.05, 0) is 78.6 Å². The number of para-hydroxylation sites is 1. The second-order valence-corrected chi connectivity index (χ2v) is 10.5. The molecule has 7 nitrogen and oxygen atoms in total. The number of nitrogens with one attached hydrogen (secondary N) is 1. The van der Waals surface area contributed by atoms with Gasteiger partial charge in [0.25, 0.3) is 0 Å². The quantitative estimate of drug-likeness (QED) is 0.186. The van der Waals surface area contributed by atoms with Gasteiger partial charge in [-0.25, -0.2) is 14.6 Å². The van der Waals surface area contributed by atoms with Crippen LogP contribution in [0, 0.1) is 6.92 Å². The van der Waals surface area contributed by atoms with Crippen LogP contribution in [-0.4, -0.2) is 33.7 Å². The first-order valence-corrected chi connectivity index (χ1v) is 14.2. The molecule has 0 radical (unpaired) electrons. The summed E-state index contributed by atoms with van der Waals surface area (Å²) in [5.74, 6) is -0.183. The smallest absolute Gasteiger partial charge is 0.418 e. The van der Waals surface area contributed by atoms with Gasteiger partial charge in [-0.15, -0.1) is 0 Å². The molecule has 0 saturated carbocycles. The Balaban J connectivity index is 1.54. The van der Waals surface area contributed by atoms with E-state index in [-0.39, 0.29) is 11.3 Å². The summed E-state index contributed by atoms with van der Waals surface area (Å²) in [6.45, 7) is 4.01. The van der Waals surface area contributed by atoms with Crippen LogP contribution in [0.5, 0.6) is 0 Å². The van der Waals surface area contributed by atoms with Crippen LogP contribution in [0.15, 0.2) is 84.9 Å². The standard InChI is InChI=1S/C34H31F3N4O3/c1-4-5-14-31-38-29-18-16-22(40(3)33(44)39-28-13-9-8-12-27(28)34(35,36)37)20-30(29)41(31)23-15-17-24(21(2)19-23)25-10-6-7-11-26(25)32(42)43/h6-13,15-20H,4-5,14H2,1-3H3,(H,39,44)(H,42,43). The highest BCUT2D eigenvalue weighted by molar-refractivity contribution is 6.03. The lowest BCUT2D eigenvalue weighted by Crippen LogP contribution is -2.32. The van der Waals surface area contributed by atoms with Gasteiger partial charge in [-0.2, -0.15) is 13.2 Å². The van der Waals surface area contributed by atoms with Gasteiger partial charge in [0.15, 0.2) is 0 Å². The number of carbonyl (C=O) groups excluding carboxylic acids is 1. The Labute approximate surface area is 252 Å². The summed E-state index contributed by atoms with van der Waals surface area (Å²) >= 11 is 0.